The minimum absolute atomic E-state index is 0. The monoisotopic (exact) mass is 397 g/mol. The third-order valence-electron chi connectivity index (χ3n) is 4.37. The number of benzene rings is 2. The van der Waals surface area contributed by atoms with Gasteiger partial charge in [-0.2, -0.15) is 0 Å². The summed E-state index contributed by atoms with van der Waals surface area (Å²) in [6.45, 7) is 7.63. The number of carbonyl (C=O) groups is 1. The molecule has 0 aromatic heterocycles. The predicted octanol–water partition coefficient (Wildman–Crippen LogP) is 4.19. The molecule has 2 rings (SSSR count). The van der Waals surface area contributed by atoms with Crippen LogP contribution in [-0.4, -0.2) is 23.9 Å². The van der Waals surface area contributed by atoms with Gasteiger partial charge in [0.15, 0.2) is 0 Å². The first-order valence-corrected chi connectivity index (χ1v) is 8.30. The highest BCUT2D eigenvalue weighted by Crippen LogP contribution is 2.15. The number of halogens is 2. The third-order valence-corrected chi connectivity index (χ3v) is 4.37. The van der Waals surface area contributed by atoms with Gasteiger partial charge in [0.1, 0.15) is 0 Å². The van der Waals surface area contributed by atoms with Crippen LogP contribution in [-0.2, 0) is 13.1 Å². The highest BCUT2D eigenvalue weighted by atomic mass is 35.5. The third kappa shape index (κ3) is 6.52. The Labute approximate surface area is 169 Å². The molecule has 0 bridgehead atoms. The second-order valence-electron chi connectivity index (χ2n) is 6.53. The molecule has 0 aliphatic rings. The highest BCUT2D eigenvalue weighted by molar-refractivity contribution is 5.96. The van der Waals surface area contributed by atoms with Crippen LogP contribution in [0.2, 0.25) is 0 Å². The predicted molar refractivity (Wildman–Crippen MR) is 114 cm³/mol. The normalized spacial score (nSPS) is 10.2. The van der Waals surface area contributed by atoms with Gasteiger partial charge in [-0.05, 0) is 56.6 Å². The van der Waals surface area contributed by atoms with Crippen molar-refractivity contribution in [3.05, 3.63) is 64.7 Å². The lowest BCUT2D eigenvalue weighted by atomic mass is 10.1. The van der Waals surface area contributed by atoms with Crippen LogP contribution >= 0.6 is 24.8 Å². The van der Waals surface area contributed by atoms with E-state index in [1.165, 1.54) is 5.56 Å². The molecule has 2 aromatic rings. The van der Waals surface area contributed by atoms with Crippen molar-refractivity contribution >= 4 is 36.4 Å². The summed E-state index contributed by atoms with van der Waals surface area (Å²) in [5, 5.41) is 3.01. The number of carbonyl (C=O) groups excluding carboxylic acids is 1. The fourth-order valence-electron chi connectivity index (χ4n) is 2.49. The van der Waals surface area contributed by atoms with Crippen LogP contribution in [0.1, 0.15) is 40.9 Å². The molecule has 26 heavy (non-hydrogen) atoms. The van der Waals surface area contributed by atoms with Crippen LogP contribution in [0.3, 0.4) is 0 Å². The van der Waals surface area contributed by atoms with Crippen LogP contribution in [0.5, 0.6) is 0 Å². The van der Waals surface area contributed by atoms with Crippen molar-refractivity contribution in [2.75, 3.05) is 12.8 Å². The lowest BCUT2D eigenvalue weighted by Gasteiger charge is -2.22. The molecule has 0 aliphatic heterocycles. The van der Waals surface area contributed by atoms with Gasteiger partial charge in [-0.15, -0.1) is 24.8 Å². The Morgan fingerprint density at radius 3 is 2.35 bits per heavy atom. The minimum atomic E-state index is -0.0909. The van der Waals surface area contributed by atoms with Gasteiger partial charge in [0.2, 0.25) is 0 Å². The second-order valence-corrected chi connectivity index (χ2v) is 6.53. The number of amides is 1. The van der Waals surface area contributed by atoms with E-state index < -0.39 is 0 Å². The molecule has 2 aromatic carbocycles. The van der Waals surface area contributed by atoms with E-state index in [4.69, 9.17) is 5.73 Å². The second kappa shape index (κ2) is 11.1. The quantitative estimate of drug-likeness (QED) is 0.718. The number of hydrogen-bond donors (Lipinski definition) is 2. The van der Waals surface area contributed by atoms with Crippen molar-refractivity contribution in [2.24, 2.45) is 0 Å². The average molecular weight is 398 g/mol. The van der Waals surface area contributed by atoms with Crippen molar-refractivity contribution in [3.8, 4) is 0 Å². The first kappa shape index (κ1) is 24.2. The maximum atomic E-state index is 12.5. The van der Waals surface area contributed by atoms with Crippen molar-refractivity contribution in [2.45, 2.75) is 39.9 Å². The smallest absolute Gasteiger partial charge is 0.251 e. The van der Waals surface area contributed by atoms with Crippen LogP contribution in [0, 0.1) is 6.92 Å². The average Bonchev–Trinajstić information content (AvgIpc) is 2.55. The summed E-state index contributed by atoms with van der Waals surface area (Å²) < 4.78 is 0. The Kier molecular flexibility index (Phi) is 10.3. The van der Waals surface area contributed by atoms with Gasteiger partial charge in [0.25, 0.3) is 5.91 Å². The van der Waals surface area contributed by atoms with Crippen molar-refractivity contribution in [3.63, 3.8) is 0 Å². The van der Waals surface area contributed by atoms with E-state index in [1.54, 1.807) is 6.07 Å². The molecule has 0 radical (unpaired) electrons. The van der Waals surface area contributed by atoms with Gasteiger partial charge in [-0.1, -0.05) is 30.3 Å². The molecule has 0 spiro atoms. The summed E-state index contributed by atoms with van der Waals surface area (Å²) in [7, 11) is 2.11. The van der Waals surface area contributed by atoms with Crippen molar-refractivity contribution in [1.82, 2.24) is 10.2 Å². The Morgan fingerprint density at radius 1 is 1.12 bits per heavy atom. The number of nitrogens with zero attached hydrogens (tertiary/aromatic N) is 1. The summed E-state index contributed by atoms with van der Waals surface area (Å²) in [6, 6.07) is 14.1. The zero-order chi connectivity index (χ0) is 17.7. The topological polar surface area (TPSA) is 58.4 Å². The number of aryl methyl sites for hydroxylation is 1. The number of nitrogens with two attached hydrogens (primary N) is 1. The van der Waals surface area contributed by atoms with Gasteiger partial charge in [-0.3, -0.25) is 9.69 Å². The Morgan fingerprint density at radius 2 is 1.73 bits per heavy atom. The van der Waals surface area contributed by atoms with E-state index in [0.717, 1.165) is 17.7 Å². The van der Waals surface area contributed by atoms with Crippen molar-refractivity contribution < 1.29 is 4.79 Å². The Bertz CT molecular complexity index is 720. The van der Waals surface area contributed by atoms with E-state index in [2.05, 4.69) is 43.2 Å². The number of nitrogens with one attached hydrogen (secondary N) is 1. The molecule has 0 unspecified atom stereocenters. The number of rotatable bonds is 6. The molecule has 3 N–H and O–H groups in total. The van der Waals surface area contributed by atoms with Gasteiger partial charge >= 0.3 is 0 Å². The fraction of sp³-hybridized carbons (Fsp3) is 0.350. The molecule has 144 valence electrons. The fourth-order valence-corrected chi connectivity index (χ4v) is 2.49. The Balaban J connectivity index is 0.00000312. The number of nitrogen functional groups attached to an aromatic ring is 1. The summed E-state index contributed by atoms with van der Waals surface area (Å²) in [5.41, 5.74) is 10.3. The molecule has 0 heterocycles. The molecule has 0 fully saturated rings. The molecule has 0 saturated heterocycles. The summed E-state index contributed by atoms with van der Waals surface area (Å²) >= 11 is 0. The van der Waals surface area contributed by atoms with Gasteiger partial charge in [0, 0.05) is 30.4 Å². The molecular weight excluding hydrogens is 369 g/mol. The largest absolute Gasteiger partial charge is 0.399 e. The van der Waals surface area contributed by atoms with E-state index in [9.17, 15) is 4.79 Å². The van der Waals surface area contributed by atoms with Crippen molar-refractivity contribution in [1.29, 1.82) is 0 Å². The molecule has 4 nitrogen and oxygen atoms in total. The first-order chi connectivity index (χ1) is 11.4. The maximum absolute atomic E-state index is 12.5. The number of anilines is 1. The van der Waals surface area contributed by atoms with E-state index in [1.807, 2.05) is 31.2 Å². The maximum Gasteiger partial charge on any atom is 0.251 e. The van der Waals surface area contributed by atoms with E-state index in [0.29, 0.717) is 23.8 Å². The number of hydrogen-bond acceptors (Lipinski definition) is 3. The lowest BCUT2D eigenvalue weighted by Crippen LogP contribution is -2.28. The molecular formula is C20H29Cl2N3O. The van der Waals surface area contributed by atoms with Crippen LogP contribution in [0.25, 0.3) is 0 Å². The van der Waals surface area contributed by atoms with Crippen LogP contribution in [0.4, 0.5) is 5.69 Å². The summed E-state index contributed by atoms with van der Waals surface area (Å²) in [5.74, 6) is -0.0909. The molecule has 0 saturated carbocycles. The molecule has 0 atom stereocenters. The summed E-state index contributed by atoms with van der Waals surface area (Å²) in [6.07, 6.45) is 0. The van der Waals surface area contributed by atoms with Crippen LogP contribution in [0.15, 0.2) is 42.5 Å². The van der Waals surface area contributed by atoms with E-state index in [-0.39, 0.29) is 30.7 Å². The molecule has 6 heteroatoms. The van der Waals surface area contributed by atoms with Gasteiger partial charge < -0.3 is 11.1 Å². The Hall–Kier alpha value is -1.75. The zero-order valence-electron chi connectivity index (χ0n) is 15.8. The van der Waals surface area contributed by atoms with Gasteiger partial charge in [-0.25, -0.2) is 0 Å². The highest BCUT2D eigenvalue weighted by Gasteiger charge is 2.11. The zero-order valence-corrected chi connectivity index (χ0v) is 17.4. The van der Waals surface area contributed by atoms with Crippen LogP contribution < -0.4 is 11.1 Å². The lowest BCUT2D eigenvalue weighted by molar-refractivity contribution is 0.0950. The first-order valence-electron chi connectivity index (χ1n) is 8.30. The van der Waals surface area contributed by atoms with Gasteiger partial charge in [0.05, 0.1) is 0 Å². The standard InChI is InChI=1S/C20H27N3O.2ClH/c1-14(2)23(4)13-17-8-6-5-7-16(17)12-22-20(24)19-11-18(21)10-9-15(19)3;;/h5-11,14H,12-13,21H2,1-4H3,(H,22,24);2*1H. The molecule has 0 aliphatic carbocycles. The SMILES string of the molecule is Cc1ccc(N)cc1C(=O)NCc1ccccc1CN(C)C(C)C.Cl.Cl. The molecule has 1 amide bonds. The minimum Gasteiger partial charge on any atom is -0.399 e. The van der Waals surface area contributed by atoms with E-state index >= 15 is 0 Å². The summed E-state index contributed by atoms with van der Waals surface area (Å²) in [4.78, 5) is 14.7.